The number of methoxy groups -OCH3 is 1. The lowest BCUT2D eigenvalue weighted by Gasteiger charge is -2.59. The van der Waals surface area contributed by atoms with Crippen LogP contribution in [0, 0.1) is 64.1 Å². The Morgan fingerprint density at radius 3 is 1.27 bits per heavy atom. The van der Waals surface area contributed by atoms with E-state index in [4.69, 9.17) is 90.0 Å². The number of nitrogens with one attached hydrogen (secondary N) is 1. The lowest BCUT2D eigenvalue weighted by Crippen LogP contribution is -2.67. The van der Waals surface area contributed by atoms with Crippen LogP contribution in [0.4, 0.5) is 0 Å². The van der Waals surface area contributed by atoms with Gasteiger partial charge in [-0.2, -0.15) is 0 Å². The van der Waals surface area contributed by atoms with Crippen molar-refractivity contribution in [3.63, 3.8) is 0 Å². The summed E-state index contributed by atoms with van der Waals surface area (Å²) in [5.74, 6) is 4.84. The quantitative estimate of drug-likeness (QED) is 0.0309. The van der Waals surface area contributed by atoms with Gasteiger partial charge in [0.2, 0.25) is 5.91 Å². The fourth-order valence-corrected chi connectivity index (χ4v) is 19.7. The first kappa shape index (κ1) is 92.3. The van der Waals surface area contributed by atoms with E-state index in [9.17, 15) is 20.4 Å². The van der Waals surface area contributed by atoms with Crippen molar-refractivity contribution in [3.8, 4) is 0 Å². The predicted octanol–water partition coefficient (Wildman–Crippen LogP) is 6.80. The largest absolute Gasteiger partial charge is 0.387 e. The van der Waals surface area contributed by atoms with Crippen LogP contribution in [0.15, 0.2) is 11.6 Å². The Morgan fingerprint density at radius 2 is 0.872 bits per heavy atom. The molecular formula is C82H146N2O25. The molecule has 8 aliphatic carbocycles. The molecule has 7 saturated carbocycles. The van der Waals surface area contributed by atoms with E-state index in [0.717, 1.165) is 49.9 Å². The van der Waals surface area contributed by atoms with Gasteiger partial charge in [0.15, 0.2) is 12.4 Å². The third kappa shape index (κ3) is 30.6. The van der Waals surface area contributed by atoms with Crippen molar-refractivity contribution >= 4 is 11.8 Å². The van der Waals surface area contributed by atoms with Gasteiger partial charge in [0.1, 0.15) is 24.4 Å². The average molecular weight is 1560 g/mol. The number of rotatable bonds is 64. The Bertz CT molecular complexity index is 2420. The molecule has 27 nitrogen and oxygen atoms in total. The highest BCUT2D eigenvalue weighted by Crippen LogP contribution is 2.68. The average Bonchev–Trinajstić information content (AvgIpc) is 1.70. The van der Waals surface area contributed by atoms with Gasteiger partial charge in [-0.15, -0.1) is 0 Å². The van der Waals surface area contributed by atoms with Gasteiger partial charge in [-0.05, 0) is 154 Å². The van der Waals surface area contributed by atoms with Crippen molar-refractivity contribution in [1.29, 1.82) is 0 Å². The number of carbonyl (C=O) groups excluding carboxylic acids is 2. The molecule has 14 atom stereocenters. The van der Waals surface area contributed by atoms with Crippen LogP contribution >= 0.6 is 0 Å². The fraction of sp³-hybridized carbons (Fsp3) is 0.951. The first-order chi connectivity index (χ1) is 53.1. The number of aliphatic hydroxyl groups excluding tert-OH is 4. The third-order valence-electron chi connectivity index (χ3n) is 24.7. The maximum absolute atomic E-state index is 15.5. The summed E-state index contributed by atoms with van der Waals surface area (Å²) < 4.78 is 106. The number of nitrogens with zero attached hydrogens (tertiary/aromatic N) is 1. The molecule has 0 aromatic rings. The zero-order chi connectivity index (χ0) is 77.4. The Labute approximate surface area is 652 Å². The third-order valence-corrected chi connectivity index (χ3v) is 24.7. The highest BCUT2D eigenvalue weighted by molar-refractivity contribution is 5.90. The van der Waals surface area contributed by atoms with Crippen LogP contribution in [-0.4, -0.2) is 324 Å². The molecule has 1 saturated heterocycles. The highest BCUT2D eigenvalue weighted by Gasteiger charge is 2.61. The number of aliphatic hydroxyl groups is 4. The van der Waals surface area contributed by atoms with Gasteiger partial charge in [-0.3, -0.25) is 9.59 Å². The van der Waals surface area contributed by atoms with Gasteiger partial charge in [0, 0.05) is 31.7 Å². The minimum Gasteiger partial charge on any atom is -0.387 e. The zero-order valence-corrected chi connectivity index (χ0v) is 67.6. The molecule has 9 rings (SSSR count). The molecule has 1 heterocycles. The van der Waals surface area contributed by atoms with E-state index < -0.39 is 48.7 Å². The minimum absolute atomic E-state index is 0.0559. The maximum atomic E-state index is 15.5. The summed E-state index contributed by atoms with van der Waals surface area (Å²) in [6, 6.07) is -1.44. The van der Waals surface area contributed by atoms with E-state index in [-0.39, 0.29) is 36.5 Å². The van der Waals surface area contributed by atoms with E-state index in [1.165, 1.54) is 69.8 Å². The van der Waals surface area contributed by atoms with E-state index in [1.54, 1.807) is 12.0 Å². The second-order valence-electron chi connectivity index (χ2n) is 32.7. The van der Waals surface area contributed by atoms with Crippen LogP contribution in [0.3, 0.4) is 0 Å². The fourth-order valence-electron chi connectivity index (χ4n) is 19.7. The molecule has 0 radical (unpaired) electrons. The van der Waals surface area contributed by atoms with Crippen LogP contribution in [0.2, 0.25) is 0 Å². The van der Waals surface area contributed by atoms with Crippen LogP contribution in [0.25, 0.3) is 0 Å². The molecule has 4 unspecified atom stereocenters. The summed E-state index contributed by atoms with van der Waals surface area (Å²) in [6.45, 7) is 28.1. The van der Waals surface area contributed by atoms with E-state index in [1.807, 2.05) is 0 Å². The normalized spacial score (nSPS) is 30.3. The molecule has 109 heavy (non-hydrogen) atoms. The number of allylic oxidation sites excluding steroid dienone is 1. The summed E-state index contributed by atoms with van der Waals surface area (Å²) in [5, 5.41) is 47.5. The van der Waals surface area contributed by atoms with Crippen molar-refractivity contribution < 1.29 is 120 Å². The van der Waals surface area contributed by atoms with Gasteiger partial charge in [0.05, 0.1) is 225 Å². The molecule has 27 heteroatoms. The number of fused-ring (bicyclic) bond motifs is 5. The monoisotopic (exact) mass is 1560 g/mol. The topological polar surface area (TPSA) is 306 Å². The number of hydrogen-bond acceptors (Lipinski definition) is 25. The standard InChI is InChI=1S/C82H146N2O25/c1-61(2)8-7-9-62(3)69-12-13-70-68-11-10-66-57-67(14-17-80(66,4)71(68)15-18-81(69,70)5)84(78(89)76-74(86)73(85)75(87)79(90)109-76)72(77(88)83-82-58-63-54-64(59-82)56-65(55-63)60-82)16-19-92-22-23-94-26-27-96-30-31-98-34-35-100-38-39-102-42-43-104-46-47-106-50-51-108-53-52-107-49-48-105-45-44-103-41-40-101-37-36-99-33-32-97-29-28-95-25-24-93-21-20-91-6/h10,61-65,67-76,79,85-87,90H,7-9,11-60H2,1-6H3,(H,83,88)/t62-,63?,64?,65?,67?,68+,69-,70+,71+,72?,73-,74+,75?,76?,79-,80+,81-,82?/m1/s1. The molecule has 1 aliphatic heterocycles. The first-order valence-electron chi connectivity index (χ1n) is 42.1. The summed E-state index contributed by atoms with van der Waals surface area (Å²) >= 11 is 0. The van der Waals surface area contributed by atoms with Crippen molar-refractivity contribution in [1.82, 2.24) is 10.2 Å². The van der Waals surface area contributed by atoms with Crippen molar-refractivity contribution in [2.24, 2.45) is 64.1 Å². The number of ether oxygens (including phenoxy) is 19. The minimum atomic E-state index is -1.91. The molecule has 4 bridgehead atoms. The molecule has 634 valence electrons. The molecule has 8 fully saturated rings. The van der Waals surface area contributed by atoms with Crippen molar-refractivity contribution in [3.05, 3.63) is 11.6 Å². The predicted molar refractivity (Wildman–Crippen MR) is 406 cm³/mol. The second kappa shape index (κ2) is 51.8. The summed E-state index contributed by atoms with van der Waals surface area (Å²) in [5.41, 5.74) is 1.28. The van der Waals surface area contributed by atoms with Crippen molar-refractivity contribution in [2.45, 2.75) is 199 Å². The SMILES string of the molecule is COCCOCCOCCOCCOCCOCCOCCOCCOCCOCCOCCOCCOCCOCCOCCOCCOCCOCCC(C(=O)NC12CC3CC(CC(C3)C1)C2)N(C(=O)C1O[C@@H](O)C(O)[C@H](O)[C@@H]1O)C1CC[C@@]2(C)C(=CC[C@H]3[C@@H]4CC[C@H]([C@H](C)CCCC(C)C)[C@@]4(C)CC[C@@H]32)C1. The molecule has 0 aromatic carbocycles. The summed E-state index contributed by atoms with van der Waals surface area (Å²) in [7, 11) is 1.64. The molecule has 2 amide bonds. The number of hydrogen-bond donors (Lipinski definition) is 5. The Balaban J connectivity index is 0.621. The first-order valence-corrected chi connectivity index (χ1v) is 42.1. The Kier molecular flexibility index (Phi) is 43.8. The van der Waals surface area contributed by atoms with Crippen LogP contribution in [-0.2, 0) is 99.6 Å². The van der Waals surface area contributed by atoms with Crippen LogP contribution in [0.5, 0.6) is 0 Å². The molecule has 0 spiro atoms. The number of amides is 2. The van der Waals surface area contributed by atoms with E-state index in [2.05, 4.69) is 46.0 Å². The molecule has 5 N–H and O–H groups in total. The lowest BCUT2D eigenvalue weighted by molar-refractivity contribution is -0.279. The van der Waals surface area contributed by atoms with Crippen molar-refractivity contribution in [2.75, 3.05) is 238 Å². The van der Waals surface area contributed by atoms with Gasteiger partial charge in [-0.25, -0.2) is 0 Å². The van der Waals surface area contributed by atoms with Gasteiger partial charge in [-0.1, -0.05) is 65.5 Å². The Hall–Kier alpha value is -2.24. The van der Waals surface area contributed by atoms with Crippen LogP contribution < -0.4 is 5.32 Å². The highest BCUT2D eigenvalue weighted by atomic mass is 16.6. The summed E-state index contributed by atoms with van der Waals surface area (Å²) in [6.07, 6.45) is 12.0. The number of carbonyl (C=O) groups is 2. The molecule has 0 aromatic heterocycles. The Morgan fingerprint density at radius 1 is 0.477 bits per heavy atom. The lowest BCUT2D eigenvalue weighted by atomic mass is 9.46. The molecular weight excluding hydrogens is 1410 g/mol. The smallest absolute Gasteiger partial charge is 0.255 e. The van der Waals surface area contributed by atoms with E-state index >= 15 is 9.59 Å². The molecule has 9 aliphatic rings. The maximum Gasteiger partial charge on any atom is 0.255 e. The zero-order valence-electron chi connectivity index (χ0n) is 67.6. The van der Waals surface area contributed by atoms with Gasteiger partial charge < -0.3 is 121 Å². The van der Waals surface area contributed by atoms with Gasteiger partial charge in [0.25, 0.3) is 5.91 Å². The van der Waals surface area contributed by atoms with Crippen LogP contribution in [0.1, 0.15) is 150 Å². The summed E-state index contributed by atoms with van der Waals surface area (Å²) in [4.78, 5) is 32.6. The second-order valence-corrected chi connectivity index (χ2v) is 32.7. The van der Waals surface area contributed by atoms with Gasteiger partial charge >= 0.3 is 0 Å². The van der Waals surface area contributed by atoms with E-state index in [0.29, 0.717) is 272 Å².